The third-order valence-corrected chi connectivity index (χ3v) is 16.4. The van der Waals surface area contributed by atoms with Gasteiger partial charge in [-0.25, -0.2) is 0 Å². The van der Waals surface area contributed by atoms with Crippen LogP contribution < -0.4 is 29.6 Å². The van der Waals surface area contributed by atoms with Crippen molar-refractivity contribution in [2.75, 3.05) is 26.3 Å². The number of rotatable bonds is 20. The minimum Gasteiger partial charge on any atom is -0.457 e. The van der Waals surface area contributed by atoms with Gasteiger partial charge in [0.2, 0.25) is 11.8 Å². The van der Waals surface area contributed by atoms with Crippen LogP contribution in [0.15, 0.2) is 121 Å². The smallest absolute Gasteiger partial charge is 0.262 e. The molecular formula is C70H64N4O12. The maximum Gasteiger partial charge on any atom is 0.262 e. The number of carbonyl (C=O) groups excluding carboxylic acids is 6. The molecule has 13 rings (SSSR count). The Hall–Kier alpha value is -9.38. The first kappa shape index (κ1) is 55.8. The number of aryl methyl sites for hydroxylation is 4. The van der Waals surface area contributed by atoms with Crippen molar-refractivity contribution >= 4 is 78.5 Å². The predicted molar refractivity (Wildman–Crippen MR) is 326 cm³/mol. The van der Waals surface area contributed by atoms with Crippen LogP contribution in [0.2, 0.25) is 0 Å². The second-order valence-corrected chi connectivity index (χ2v) is 24.0. The fraction of sp³-hybridized carbons (Fsp3) is 0.286. The molecule has 9 aromatic carbocycles. The molecule has 86 heavy (non-hydrogen) atoms. The van der Waals surface area contributed by atoms with E-state index >= 15 is 19.2 Å². The maximum absolute atomic E-state index is 15.9. The highest BCUT2D eigenvalue weighted by Gasteiger charge is 2.47. The summed E-state index contributed by atoms with van der Waals surface area (Å²) in [4.78, 5) is 94.8. The molecular weight excluding hydrogens is 1090 g/mol. The molecule has 0 spiro atoms. The Balaban J connectivity index is 1.19. The van der Waals surface area contributed by atoms with E-state index in [2.05, 4.69) is 10.6 Å². The van der Waals surface area contributed by atoms with Crippen LogP contribution >= 0.6 is 0 Å². The van der Waals surface area contributed by atoms with E-state index in [0.29, 0.717) is 68.5 Å². The van der Waals surface area contributed by atoms with Crippen LogP contribution in [-0.2, 0) is 19.1 Å². The number of amides is 6. The summed E-state index contributed by atoms with van der Waals surface area (Å²) < 4.78 is 39.3. The molecule has 16 heteroatoms. The van der Waals surface area contributed by atoms with Crippen LogP contribution in [0, 0.1) is 39.5 Å². The Morgan fingerprint density at radius 1 is 0.419 bits per heavy atom. The number of benzene rings is 9. The van der Waals surface area contributed by atoms with E-state index in [0.717, 1.165) is 32.1 Å². The Morgan fingerprint density at radius 2 is 0.663 bits per heavy atom. The van der Waals surface area contributed by atoms with Crippen LogP contribution in [0.25, 0.3) is 43.1 Å². The van der Waals surface area contributed by atoms with Crippen molar-refractivity contribution in [2.45, 2.75) is 92.5 Å². The molecule has 4 heterocycles. The summed E-state index contributed by atoms with van der Waals surface area (Å²) in [7, 11) is 0. The third-order valence-electron chi connectivity index (χ3n) is 16.4. The Bertz CT molecular complexity index is 3770. The van der Waals surface area contributed by atoms with Gasteiger partial charge in [0.05, 0.1) is 47.7 Å². The molecule has 0 aromatic heterocycles. The quantitative estimate of drug-likeness (QED) is 0.0318. The van der Waals surface area contributed by atoms with Crippen molar-refractivity contribution in [3.63, 3.8) is 0 Å². The SMILES string of the molecule is Cc1ccc(Oc2cc3c4c(cc(Oc5ccc(C)cc5)c5c6c(Oc7ccc(C)cc7)cc7c8c(cc(Oc9ccc(C)cc9)c(c2c45)c86)C(=O)N(C(CC(C)C)C(=O)NCC2CO2)C7=O)C(=O)N(C(CC(C)C)C(=O)NCC2CO2)C3=O)cc1. The average molecular weight is 1150 g/mol. The van der Waals surface area contributed by atoms with Crippen LogP contribution in [0.3, 0.4) is 0 Å². The number of imide groups is 2. The van der Waals surface area contributed by atoms with E-state index in [9.17, 15) is 9.59 Å². The Morgan fingerprint density at radius 3 is 0.884 bits per heavy atom. The van der Waals surface area contributed by atoms with Gasteiger partial charge in [0.15, 0.2) is 0 Å². The number of nitrogens with one attached hydrogen (secondary N) is 2. The predicted octanol–water partition coefficient (Wildman–Crippen LogP) is 13.2. The van der Waals surface area contributed by atoms with Gasteiger partial charge in [-0.3, -0.25) is 38.6 Å². The van der Waals surface area contributed by atoms with Crippen molar-refractivity contribution < 1.29 is 57.2 Å². The Labute approximate surface area is 496 Å². The summed E-state index contributed by atoms with van der Waals surface area (Å²) >= 11 is 0. The number of hydrogen-bond donors (Lipinski definition) is 2. The van der Waals surface area contributed by atoms with E-state index in [1.54, 1.807) is 24.3 Å². The molecule has 4 atom stereocenters. The summed E-state index contributed by atoms with van der Waals surface area (Å²) in [5, 5.41) is 8.40. The van der Waals surface area contributed by atoms with Gasteiger partial charge in [-0.2, -0.15) is 0 Å². The molecule has 16 nitrogen and oxygen atoms in total. The highest BCUT2D eigenvalue weighted by atomic mass is 16.6. The highest BCUT2D eigenvalue weighted by molar-refractivity contribution is 6.45. The first-order chi connectivity index (χ1) is 41.4. The first-order valence-electron chi connectivity index (χ1n) is 29.3. The van der Waals surface area contributed by atoms with Gasteiger partial charge in [0.25, 0.3) is 23.6 Å². The molecule has 6 amide bonds. The lowest BCUT2D eigenvalue weighted by molar-refractivity contribution is -0.126. The lowest BCUT2D eigenvalue weighted by Gasteiger charge is -2.36. The van der Waals surface area contributed by atoms with Crippen LogP contribution in [0.5, 0.6) is 46.0 Å². The van der Waals surface area contributed by atoms with Gasteiger partial charge in [-0.15, -0.1) is 0 Å². The molecule has 9 aromatic rings. The lowest BCUT2D eigenvalue weighted by Crippen LogP contribution is -2.54. The molecule has 2 fully saturated rings. The van der Waals surface area contributed by atoms with Crippen molar-refractivity contribution in [3.8, 4) is 46.0 Å². The molecule has 436 valence electrons. The molecule has 0 radical (unpaired) electrons. The molecule has 4 aliphatic rings. The molecule has 2 N–H and O–H groups in total. The maximum atomic E-state index is 15.9. The van der Waals surface area contributed by atoms with Gasteiger partial charge < -0.3 is 39.1 Å². The van der Waals surface area contributed by atoms with E-state index in [1.165, 1.54) is 0 Å². The van der Waals surface area contributed by atoms with Crippen molar-refractivity contribution in [3.05, 3.63) is 166 Å². The van der Waals surface area contributed by atoms with E-state index in [4.69, 9.17) is 28.4 Å². The molecule has 0 saturated carbocycles. The largest absolute Gasteiger partial charge is 0.457 e. The topological polar surface area (TPSA) is 195 Å². The van der Waals surface area contributed by atoms with Crippen molar-refractivity contribution in [1.82, 2.24) is 20.4 Å². The number of ether oxygens (including phenoxy) is 6. The number of nitrogens with zero attached hydrogens (tertiary/aromatic N) is 2. The lowest BCUT2D eigenvalue weighted by atomic mass is 9.80. The molecule has 0 aliphatic carbocycles. The van der Waals surface area contributed by atoms with E-state index in [1.807, 2.05) is 152 Å². The van der Waals surface area contributed by atoms with Crippen molar-refractivity contribution in [2.24, 2.45) is 11.8 Å². The van der Waals surface area contributed by atoms with Gasteiger partial charge >= 0.3 is 0 Å². The summed E-state index contributed by atoms with van der Waals surface area (Å²) in [6.45, 7) is 16.9. The summed E-state index contributed by atoms with van der Waals surface area (Å²) in [6.07, 6.45) is -0.0449. The number of fused-ring (bicyclic) bond motifs is 2. The molecule has 2 saturated heterocycles. The minimum atomic E-state index is -1.24. The zero-order valence-corrected chi connectivity index (χ0v) is 49.0. The molecule has 4 unspecified atom stereocenters. The van der Waals surface area contributed by atoms with Gasteiger partial charge in [-0.1, -0.05) is 98.5 Å². The number of carbonyl (C=O) groups is 6. The highest BCUT2D eigenvalue weighted by Crippen LogP contribution is 2.58. The van der Waals surface area contributed by atoms with Gasteiger partial charge in [0, 0.05) is 56.2 Å². The standard InChI is InChI=1S/C70H64N4O12/c1-35(2)25-51(65(75)71-31-45-33-81-45)73-67(77)47-27-53(83-41-17-9-37(5)10-18-41)59-61-55(85-43-21-13-39(7)14-22-43)29-49-58-50(70(80)74(69(49)79)52(26-36(3)4)66(76)72-32-46-34-82-46)30-56(86-44-23-15-40(8)16-24-44)62(64(58)61)60-54(84-42-19-11-38(6)12-20-42)28-48(68(73)78)57(47)63(59)60/h9-24,27-30,35-36,45-46,51-52H,25-26,31-34H2,1-8H3,(H,71,75)(H,72,76). The van der Waals surface area contributed by atoms with Gasteiger partial charge in [-0.05, 0) is 125 Å². The summed E-state index contributed by atoms with van der Waals surface area (Å²) in [5.41, 5.74) is 4.10. The summed E-state index contributed by atoms with van der Waals surface area (Å²) in [5.74, 6) is -2.07. The van der Waals surface area contributed by atoms with Crippen LogP contribution in [-0.4, -0.2) is 95.8 Å². The monoisotopic (exact) mass is 1150 g/mol. The second kappa shape index (κ2) is 21.9. The van der Waals surface area contributed by atoms with E-state index < -0.39 is 47.5 Å². The second-order valence-electron chi connectivity index (χ2n) is 24.0. The zero-order chi connectivity index (χ0) is 60.0. The van der Waals surface area contributed by atoms with Crippen LogP contribution in [0.1, 0.15) is 104 Å². The third kappa shape index (κ3) is 10.3. The van der Waals surface area contributed by atoms with Crippen LogP contribution in [0.4, 0.5) is 0 Å². The minimum absolute atomic E-state index is 0.0652. The fourth-order valence-electron chi connectivity index (χ4n) is 12.0. The Kier molecular flexibility index (Phi) is 14.2. The van der Waals surface area contributed by atoms with Gasteiger partial charge in [0.1, 0.15) is 58.1 Å². The molecule has 0 bridgehead atoms. The molecule has 4 aliphatic heterocycles. The summed E-state index contributed by atoms with van der Waals surface area (Å²) in [6, 6.07) is 33.6. The average Bonchev–Trinajstić information content (AvgIpc) is 0.793. The number of epoxide rings is 2. The zero-order valence-electron chi connectivity index (χ0n) is 49.0. The number of hydrogen-bond acceptors (Lipinski definition) is 12. The normalized spacial score (nSPS) is 16.9. The fourth-order valence-corrected chi connectivity index (χ4v) is 12.0. The first-order valence-corrected chi connectivity index (χ1v) is 29.3. The van der Waals surface area contributed by atoms with E-state index in [-0.39, 0.29) is 106 Å². The van der Waals surface area contributed by atoms with Crippen molar-refractivity contribution in [1.29, 1.82) is 0 Å².